The quantitative estimate of drug-likeness (QED) is 0.218. The van der Waals surface area contributed by atoms with Crippen LogP contribution in [0.1, 0.15) is 71.1 Å². The smallest absolute Gasteiger partial charge is 0.305 e. The third kappa shape index (κ3) is 9.50. The fourth-order valence-corrected chi connectivity index (χ4v) is 3.95. The van der Waals surface area contributed by atoms with Crippen LogP contribution in [0, 0.1) is 11.8 Å². The average molecular weight is 369 g/mol. The molecular formula is C21H36O3S. The lowest BCUT2D eigenvalue weighted by Gasteiger charge is -2.18. The highest BCUT2D eigenvalue weighted by Gasteiger charge is 2.31. The maximum absolute atomic E-state index is 11.1. The van der Waals surface area contributed by atoms with E-state index in [9.17, 15) is 9.90 Å². The standard InChI is InChI=1S/C21H36O3S/c1-3-4-7-10-18(22)15-13-17-14-16-20(25)19(17)11-8-5-6-9-12-21(23)24-2/h5,8,13,15,17-20,22,25H,3-4,6-7,9-12,14,16H2,1-2H3/t17-,18-,19+,20-/m0/s1. The highest BCUT2D eigenvalue weighted by molar-refractivity contribution is 7.81. The van der Waals surface area contributed by atoms with Gasteiger partial charge in [0.25, 0.3) is 0 Å². The van der Waals surface area contributed by atoms with Gasteiger partial charge in [-0.3, -0.25) is 4.79 Å². The monoisotopic (exact) mass is 368 g/mol. The Bertz CT molecular complexity index is 419. The van der Waals surface area contributed by atoms with Gasteiger partial charge in [0.1, 0.15) is 0 Å². The summed E-state index contributed by atoms with van der Waals surface area (Å²) >= 11 is 4.75. The van der Waals surface area contributed by atoms with Crippen LogP contribution in [-0.4, -0.2) is 29.5 Å². The van der Waals surface area contributed by atoms with Gasteiger partial charge in [-0.1, -0.05) is 50.5 Å². The number of ether oxygens (including phenoxy) is 1. The van der Waals surface area contributed by atoms with Crippen molar-refractivity contribution in [3.05, 3.63) is 24.3 Å². The molecule has 1 aliphatic rings. The van der Waals surface area contributed by atoms with Gasteiger partial charge in [-0.2, -0.15) is 12.6 Å². The number of methoxy groups -OCH3 is 1. The van der Waals surface area contributed by atoms with Gasteiger partial charge in [0.2, 0.25) is 0 Å². The first-order valence-electron chi connectivity index (χ1n) is 9.84. The van der Waals surface area contributed by atoms with Crippen LogP contribution in [0.5, 0.6) is 0 Å². The van der Waals surface area contributed by atoms with Crippen molar-refractivity contribution in [1.82, 2.24) is 0 Å². The lowest BCUT2D eigenvalue weighted by Crippen LogP contribution is -2.13. The molecule has 4 atom stereocenters. The molecule has 1 rings (SSSR count). The van der Waals surface area contributed by atoms with Crippen LogP contribution in [0.3, 0.4) is 0 Å². The Morgan fingerprint density at radius 1 is 1.28 bits per heavy atom. The molecule has 3 nitrogen and oxygen atoms in total. The molecule has 0 heterocycles. The Hall–Kier alpha value is -0.740. The highest BCUT2D eigenvalue weighted by atomic mass is 32.1. The summed E-state index contributed by atoms with van der Waals surface area (Å²) in [5.74, 6) is 0.921. The summed E-state index contributed by atoms with van der Waals surface area (Å²) in [7, 11) is 1.43. The maximum Gasteiger partial charge on any atom is 0.305 e. The molecule has 1 N–H and O–H groups in total. The van der Waals surface area contributed by atoms with E-state index in [2.05, 4.69) is 29.9 Å². The lowest BCUT2D eigenvalue weighted by atomic mass is 9.91. The number of aliphatic hydroxyl groups is 1. The molecule has 4 heteroatoms. The molecule has 0 bridgehead atoms. The van der Waals surface area contributed by atoms with Crippen molar-refractivity contribution in [2.45, 2.75) is 82.5 Å². The maximum atomic E-state index is 11.1. The van der Waals surface area contributed by atoms with Crippen LogP contribution in [0.2, 0.25) is 0 Å². The summed E-state index contributed by atoms with van der Waals surface area (Å²) in [5, 5.41) is 10.5. The number of allylic oxidation sites excluding steroid dienone is 3. The SMILES string of the molecule is CCCCC[C@H](O)C=C[C@H]1CC[C@H](S)[C@@H]1CC=CCCCC(=O)OC. The third-order valence-corrected chi connectivity index (χ3v) is 5.72. The van der Waals surface area contributed by atoms with Gasteiger partial charge in [-0.15, -0.1) is 0 Å². The molecule has 0 aromatic rings. The third-order valence-electron chi connectivity index (χ3n) is 5.08. The minimum atomic E-state index is -0.306. The van der Waals surface area contributed by atoms with E-state index in [1.807, 2.05) is 6.08 Å². The van der Waals surface area contributed by atoms with E-state index in [4.69, 9.17) is 12.6 Å². The number of hydrogen-bond donors (Lipinski definition) is 2. The minimum absolute atomic E-state index is 0.137. The van der Waals surface area contributed by atoms with E-state index in [0.717, 1.165) is 44.9 Å². The van der Waals surface area contributed by atoms with Crippen molar-refractivity contribution in [3.63, 3.8) is 0 Å². The number of esters is 1. The number of carbonyl (C=O) groups excluding carboxylic acids is 1. The van der Waals surface area contributed by atoms with Crippen molar-refractivity contribution in [3.8, 4) is 0 Å². The summed E-state index contributed by atoms with van der Waals surface area (Å²) in [6.07, 6.45) is 18.2. The lowest BCUT2D eigenvalue weighted by molar-refractivity contribution is -0.140. The number of unbranched alkanes of at least 4 members (excludes halogenated alkanes) is 3. The van der Waals surface area contributed by atoms with Crippen LogP contribution in [0.25, 0.3) is 0 Å². The second kappa shape index (κ2) is 13.5. The summed E-state index contributed by atoms with van der Waals surface area (Å²) in [5.41, 5.74) is 0. The van der Waals surface area contributed by atoms with Crippen LogP contribution >= 0.6 is 12.6 Å². The zero-order valence-corrected chi connectivity index (χ0v) is 16.8. The van der Waals surface area contributed by atoms with Gasteiger partial charge in [0, 0.05) is 11.7 Å². The van der Waals surface area contributed by atoms with Gasteiger partial charge in [-0.25, -0.2) is 0 Å². The molecule has 0 spiro atoms. The summed E-state index contributed by atoms with van der Waals surface area (Å²) in [6, 6.07) is 0. The molecule has 25 heavy (non-hydrogen) atoms. The molecule has 1 fully saturated rings. The number of thiol groups is 1. The molecule has 144 valence electrons. The van der Waals surface area contributed by atoms with Crippen LogP contribution in [-0.2, 0) is 9.53 Å². The fraction of sp³-hybridized carbons (Fsp3) is 0.762. The van der Waals surface area contributed by atoms with E-state index < -0.39 is 0 Å². The number of hydrogen-bond acceptors (Lipinski definition) is 4. The van der Waals surface area contributed by atoms with E-state index in [0.29, 0.717) is 23.5 Å². The van der Waals surface area contributed by atoms with Gasteiger partial charge in [0.05, 0.1) is 13.2 Å². The van der Waals surface area contributed by atoms with Crippen LogP contribution in [0.4, 0.5) is 0 Å². The Morgan fingerprint density at radius 2 is 2.08 bits per heavy atom. The molecule has 1 aliphatic carbocycles. The molecule has 0 radical (unpaired) electrons. The Balaban J connectivity index is 2.34. The summed E-state index contributed by atoms with van der Waals surface area (Å²) < 4.78 is 4.64. The van der Waals surface area contributed by atoms with Crippen molar-refractivity contribution >= 4 is 18.6 Å². The van der Waals surface area contributed by atoms with Crippen molar-refractivity contribution < 1.29 is 14.6 Å². The van der Waals surface area contributed by atoms with Gasteiger partial charge >= 0.3 is 5.97 Å². The molecular weight excluding hydrogens is 332 g/mol. The molecule has 0 unspecified atom stereocenters. The number of rotatable bonds is 12. The highest BCUT2D eigenvalue weighted by Crippen LogP contribution is 2.39. The Labute approximate surface area is 159 Å². The second-order valence-electron chi connectivity index (χ2n) is 7.10. The Morgan fingerprint density at radius 3 is 2.80 bits per heavy atom. The van der Waals surface area contributed by atoms with Crippen molar-refractivity contribution in [2.75, 3.05) is 7.11 Å². The van der Waals surface area contributed by atoms with Crippen molar-refractivity contribution in [1.29, 1.82) is 0 Å². The molecule has 0 aromatic heterocycles. The molecule has 0 aromatic carbocycles. The van der Waals surface area contributed by atoms with E-state index >= 15 is 0 Å². The summed E-state index contributed by atoms with van der Waals surface area (Å²) in [6.45, 7) is 2.18. The molecule has 0 aliphatic heterocycles. The van der Waals surface area contributed by atoms with Crippen LogP contribution in [0.15, 0.2) is 24.3 Å². The normalized spacial score (nSPS) is 25.0. The number of carbonyl (C=O) groups is 1. The summed E-state index contributed by atoms with van der Waals surface area (Å²) in [4.78, 5) is 11.1. The van der Waals surface area contributed by atoms with E-state index in [1.54, 1.807) is 0 Å². The largest absolute Gasteiger partial charge is 0.469 e. The van der Waals surface area contributed by atoms with Gasteiger partial charge in [0.15, 0.2) is 0 Å². The molecule has 1 saturated carbocycles. The average Bonchev–Trinajstić information content (AvgIpc) is 2.96. The fourth-order valence-electron chi connectivity index (χ4n) is 3.46. The predicted octanol–water partition coefficient (Wildman–Crippen LogP) is 5.10. The first kappa shape index (κ1) is 22.3. The predicted molar refractivity (Wildman–Crippen MR) is 108 cm³/mol. The zero-order valence-electron chi connectivity index (χ0n) is 15.9. The van der Waals surface area contributed by atoms with E-state index in [-0.39, 0.29) is 12.1 Å². The number of aliphatic hydroxyl groups excluding tert-OH is 1. The molecule has 0 amide bonds. The zero-order chi connectivity index (χ0) is 18.5. The van der Waals surface area contributed by atoms with Gasteiger partial charge < -0.3 is 9.84 Å². The Kier molecular flexibility index (Phi) is 12.0. The van der Waals surface area contributed by atoms with Crippen LogP contribution < -0.4 is 0 Å². The minimum Gasteiger partial charge on any atom is -0.469 e. The topological polar surface area (TPSA) is 46.5 Å². The van der Waals surface area contributed by atoms with Gasteiger partial charge in [-0.05, 0) is 50.4 Å². The van der Waals surface area contributed by atoms with Crippen molar-refractivity contribution in [2.24, 2.45) is 11.8 Å². The first-order chi connectivity index (χ1) is 12.1. The first-order valence-corrected chi connectivity index (χ1v) is 10.4. The second-order valence-corrected chi connectivity index (χ2v) is 7.76. The van der Waals surface area contributed by atoms with E-state index in [1.165, 1.54) is 20.0 Å². The molecule has 0 saturated heterocycles.